The van der Waals surface area contributed by atoms with Crippen molar-refractivity contribution in [2.75, 3.05) is 26.4 Å². The van der Waals surface area contributed by atoms with E-state index in [1.807, 2.05) is 0 Å². The van der Waals surface area contributed by atoms with Gasteiger partial charge >= 0.3 is 0 Å². The minimum Gasteiger partial charge on any atom is -0.353 e. The Morgan fingerprint density at radius 2 is 0.929 bits per heavy atom. The maximum atomic E-state index is 9.85. The van der Waals surface area contributed by atoms with Crippen LogP contribution in [0.25, 0.3) is 0 Å². The summed E-state index contributed by atoms with van der Waals surface area (Å²) in [6.45, 7) is 3.31. The lowest BCUT2D eigenvalue weighted by Gasteiger charge is -2.22. The minimum absolute atomic E-state index is 0.0334. The van der Waals surface area contributed by atoms with Crippen LogP contribution in [-0.2, 0) is 31.8 Å². The summed E-state index contributed by atoms with van der Waals surface area (Å²) in [6, 6.07) is 8.91. The zero-order chi connectivity index (χ0) is 29.5. The van der Waals surface area contributed by atoms with Crippen LogP contribution in [0.4, 0.5) is 0 Å². The van der Waals surface area contributed by atoms with Gasteiger partial charge in [0.25, 0.3) is 0 Å². The molecular weight excluding hydrogens is 524 g/mol. The van der Waals surface area contributed by atoms with Gasteiger partial charge in [0.05, 0.1) is 11.1 Å². The number of rotatable bonds is 22. The lowest BCUT2D eigenvalue weighted by Crippen LogP contribution is -2.22. The fourth-order valence-electron chi connectivity index (χ4n) is 6.08. The van der Waals surface area contributed by atoms with Gasteiger partial charge in [0.2, 0.25) is 0 Å². The summed E-state index contributed by atoms with van der Waals surface area (Å²) in [6.07, 6.45) is 25.2. The number of hydrogen-bond acceptors (Lipinski definition) is 6. The number of nitrogens with zero attached hydrogens (tertiary/aromatic N) is 2. The molecule has 6 nitrogen and oxygen atoms in total. The molecule has 0 bridgehead atoms. The molecule has 0 spiro atoms. The summed E-state index contributed by atoms with van der Waals surface area (Å²) in [4.78, 5) is 0. The van der Waals surface area contributed by atoms with E-state index in [0.717, 1.165) is 102 Å². The zero-order valence-electron chi connectivity index (χ0n) is 26.2. The largest absolute Gasteiger partial charge is 0.353 e. The Morgan fingerprint density at radius 1 is 0.548 bits per heavy atom. The van der Waals surface area contributed by atoms with E-state index >= 15 is 0 Å². The van der Waals surface area contributed by atoms with Crippen LogP contribution in [-0.4, -0.2) is 39.0 Å². The monoisotopic (exact) mass is 580 g/mol. The molecule has 3 rings (SSSR count). The highest BCUT2D eigenvalue weighted by atomic mass is 16.7. The molecule has 0 saturated carbocycles. The van der Waals surface area contributed by atoms with E-state index in [0.29, 0.717) is 11.1 Å². The molecule has 0 aliphatic carbocycles. The Kier molecular flexibility index (Phi) is 18.5. The molecule has 1 aromatic carbocycles. The van der Waals surface area contributed by atoms with Crippen molar-refractivity contribution >= 4 is 0 Å². The van der Waals surface area contributed by atoms with Crippen molar-refractivity contribution in [1.29, 1.82) is 10.5 Å². The molecule has 0 amide bonds. The van der Waals surface area contributed by atoms with Crippen LogP contribution in [0.15, 0.2) is 12.1 Å². The number of hydrogen-bond donors (Lipinski definition) is 0. The average molecular weight is 581 g/mol. The summed E-state index contributed by atoms with van der Waals surface area (Å²) >= 11 is 0. The molecule has 0 N–H and O–H groups in total. The fraction of sp³-hybridized carbons (Fsp3) is 0.778. The number of nitriles is 2. The van der Waals surface area contributed by atoms with Gasteiger partial charge in [-0.25, -0.2) is 0 Å². The molecule has 2 saturated heterocycles. The van der Waals surface area contributed by atoms with Crippen molar-refractivity contribution in [2.24, 2.45) is 0 Å². The molecule has 2 atom stereocenters. The summed E-state index contributed by atoms with van der Waals surface area (Å²) < 4.78 is 22.9. The highest BCUT2D eigenvalue weighted by Gasteiger charge is 2.15. The van der Waals surface area contributed by atoms with Crippen LogP contribution >= 0.6 is 0 Å². The van der Waals surface area contributed by atoms with Crippen molar-refractivity contribution in [3.8, 4) is 12.1 Å². The second-order valence-electron chi connectivity index (χ2n) is 12.1. The van der Waals surface area contributed by atoms with Crippen LogP contribution < -0.4 is 0 Å². The zero-order valence-corrected chi connectivity index (χ0v) is 26.2. The third kappa shape index (κ3) is 14.0. The van der Waals surface area contributed by atoms with Crippen molar-refractivity contribution in [3.05, 3.63) is 34.4 Å². The van der Waals surface area contributed by atoms with Gasteiger partial charge in [-0.3, -0.25) is 0 Å². The van der Waals surface area contributed by atoms with Gasteiger partial charge in [-0.1, -0.05) is 76.3 Å². The molecule has 42 heavy (non-hydrogen) atoms. The second kappa shape index (κ2) is 22.6. The highest BCUT2D eigenvalue weighted by molar-refractivity contribution is 5.54. The molecule has 2 aliphatic heterocycles. The summed E-state index contributed by atoms with van der Waals surface area (Å²) in [5.74, 6) is 0. The number of benzene rings is 1. The van der Waals surface area contributed by atoms with E-state index in [1.54, 1.807) is 0 Å². The van der Waals surface area contributed by atoms with Gasteiger partial charge < -0.3 is 18.9 Å². The summed E-state index contributed by atoms with van der Waals surface area (Å²) in [5.41, 5.74) is 3.30. The fourth-order valence-corrected chi connectivity index (χ4v) is 6.08. The predicted molar refractivity (Wildman–Crippen MR) is 167 cm³/mol. The normalized spacial score (nSPS) is 18.9. The van der Waals surface area contributed by atoms with Gasteiger partial charge in [0.1, 0.15) is 12.1 Å². The van der Waals surface area contributed by atoms with E-state index in [1.165, 1.54) is 77.0 Å². The summed E-state index contributed by atoms with van der Waals surface area (Å²) in [7, 11) is 0. The quantitative estimate of drug-likeness (QED) is 0.127. The van der Waals surface area contributed by atoms with Crippen molar-refractivity contribution in [1.82, 2.24) is 0 Å². The number of unbranched alkanes of at least 4 members (excludes halogenated alkanes) is 12. The van der Waals surface area contributed by atoms with Crippen LogP contribution in [0.5, 0.6) is 0 Å². The van der Waals surface area contributed by atoms with Crippen LogP contribution in [0.1, 0.15) is 151 Å². The molecule has 2 unspecified atom stereocenters. The Bertz CT molecular complexity index is 851. The first kappa shape index (κ1) is 34.5. The van der Waals surface area contributed by atoms with Crippen molar-refractivity contribution in [2.45, 2.75) is 154 Å². The average Bonchev–Trinajstić information content (AvgIpc) is 3.03. The van der Waals surface area contributed by atoms with E-state index in [2.05, 4.69) is 24.3 Å². The van der Waals surface area contributed by atoms with Gasteiger partial charge in [0, 0.05) is 26.4 Å². The SMILES string of the molecule is N#Cc1c(CCCCCCCCCOC2CCCCO2)ccc(CCCCCCCCCOC2CCCCO2)c1C#N. The second-order valence-corrected chi connectivity index (χ2v) is 12.1. The van der Waals surface area contributed by atoms with Gasteiger partial charge in [0.15, 0.2) is 12.6 Å². The molecule has 6 heteroatoms. The molecule has 234 valence electrons. The van der Waals surface area contributed by atoms with E-state index in [-0.39, 0.29) is 12.6 Å². The van der Waals surface area contributed by atoms with Gasteiger partial charge in [-0.2, -0.15) is 10.5 Å². The van der Waals surface area contributed by atoms with E-state index < -0.39 is 0 Å². The van der Waals surface area contributed by atoms with Crippen LogP contribution in [0.3, 0.4) is 0 Å². The molecule has 1 aromatic rings. The smallest absolute Gasteiger partial charge is 0.157 e. The topological polar surface area (TPSA) is 84.5 Å². The Morgan fingerprint density at radius 3 is 1.29 bits per heavy atom. The molecule has 2 aliphatic rings. The van der Waals surface area contributed by atoms with Gasteiger partial charge in [-0.15, -0.1) is 0 Å². The van der Waals surface area contributed by atoms with Gasteiger partial charge in [-0.05, 0) is 88.2 Å². The maximum Gasteiger partial charge on any atom is 0.157 e. The van der Waals surface area contributed by atoms with Crippen LogP contribution in [0.2, 0.25) is 0 Å². The Balaban J connectivity index is 1.20. The standard InChI is InChI=1S/C36H56N2O4/c37-29-33-31(19-11-7-3-1-5-9-15-25-39-35-21-13-17-27-41-35)23-24-32(34(33)30-38)20-12-8-4-2-6-10-16-26-40-36-22-14-18-28-42-36/h23-24,35-36H,1-22,25-28H2. The Hall–Kier alpha value is -1.96. The molecular formula is C36H56N2O4. The van der Waals surface area contributed by atoms with Crippen molar-refractivity contribution < 1.29 is 18.9 Å². The molecule has 2 fully saturated rings. The first-order valence-electron chi connectivity index (χ1n) is 17.2. The van der Waals surface area contributed by atoms with E-state index in [4.69, 9.17) is 18.9 Å². The molecule has 0 radical (unpaired) electrons. The first-order valence-corrected chi connectivity index (χ1v) is 17.2. The predicted octanol–water partition coefficient (Wildman–Crippen LogP) is 9.06. The number of ether oxygens (including phenoxy) is 4. The van der Waals surface area contributed by atoms with Crippen LogP contribution in [0, 0.1) is 22.7 Å². The lowest BCUT2D eigenvalue weighted by molar-refractivity contribution is -0.163. The lowest BCUT2D eigenvalue weighted by atomic mass is 9.91. The molecule has 0 aromatic heterocycles. The van der Waals surface area contributed by atoms with E-state index in [9.17, 15) is 10.5 Å². The Labute approximate surface area is 256 Å². The minimum atomic E-state index is 0.0334. The first-order chi connectivity index (χ1) is 20.8. The highest BCUT2D eigenvalue weighted by Crippen LogP contribution is 2.23. The third-order valence-corrected chi connectivity index (χ3v) is 8.67. The number of aryl methyl sites for hydroxylation is 2. The van der Waals surface area contributed by atoms with Crippen molar-refractivity contribution in [3.63, 3.8) is 0 Å². The maximum absolute atomic E-state index is 9.85. The molecule has 2 heterocycles. The summed E-state index contributed by atoms with van der Waals surface area (Å²) in [5, 5.41) is 19.7. The third-order valence-electron chi connectivity index (χ3n) is 8.67.